The van der Waals surface area contributed by atoms with Gasteiger partial charge < -0.3 is 24.5 Å². The molecule has 1 saturated heterocycles. The molecule has 0 aromatic heterocycles. The summed E-state index contributed by atoms with van der Waals surface area (Å²) in [6.45, 7) is 11.3. The monoisotopic (exact) mass is 544 g/mol. The van der Waals surface area contributed by atoms with E-state index < -0.39 is 17.8 Å². The number of benzene rings is 3. The summed E-state index contributed by atoms with van der Waals surface area (Å²) in [6, 6.07) is 18.5. The van der Waals surface area contributed by atoms with Crippen LogP contribution in [0.1, 0.15) is 49.9 Å². The molecule has 1 N–H and O–H groups in total. The SMILES string of the molecule is COc1ccc(C(C)(C)C)cc1N1C(N2CCN(c3cccc(C)c3)CC2)=Nc2c(F)cccc2C1CC(=O)O. The van der Waals surface area contributed by atoms with Gasteiger partial charge in [0.2, 0.25) is 5.96 Å². The zero-order chi connectivity index (χ0) is 28.6. The predicted molar refractivity (Wildman–Crippen MR) is 158 cm³/mol. The van der Waals surface area contributed by atoms with Crippen molar-refractivity contribution in [1.82, 2.24) is 4.90 Å². The van der Waals surface area contributed by atoms with Crippen molar-refractivity contribution in [2.24, 2.45) is 4.99 Å². The van der Waals surface area contributed by atoms with E-state index in [9.17, 15) is 9.90 Å². The van der Waals surface area contributed by atoms with Crippen molar-refractivity contribution < 1.29 is 19.0 Å². The molecule has 7 nitrogen and oxygen atoms in total. The maximum Gasteiger partial charge on any atom is 0.305 e. The van der Waals surface area contributed by atoms with E-state index in [0.29, 0.717) is 30.4 Å². The van der Waals surface area contributed by atoms with Crippen LogP contribution in [-0.2, 0) is 10.2 Å². The molecule has 0 bridgehead atoms. The molecule has 1 fully saturated rings. The number of anilines is 2. The number of hydrogen-bond acceptors (Lipinski definition) is 6. The molecule has 1 unspecified atom stereocenters. The van der Waals surface area contributed by atoms with E-state index >= 15 is 4.39 Å². The molecule has 2 aliphatic rings. The highest BCUT2D eigenvalue weighted by Crippen LogP contribution is 2.45. The number of methoxy groups -OCH3 is 1. The fraction of sp³-hybridized carbons (Fsp3) is 0.375. The van der Waals surface area contributed by atoms with Gasteiger partial charge in [0, 0.05) is 37.4 Å². The van der Waals surface area contributed by atoms with E-state index in [2.05, 4.69) is 67.8 Å². The molecule has 0 amide bonds. The van der Waals surface area contributed by atoms with Gasteiger partial charge in [0.25, 0.3) is 0 Å². The van der Waals surface area contributed by atoms with E-state index in [-0.39, 0.29) is 17.5 Å². The molecular weight excluding hydrogens is 507 g/mol. The lowest BCUT2D eigenvalue weighted by atomic mass is 9.86. The van der Waals surface area contributed by atoms with Crippen molar-refractivity contribution in [1.29, 1.82) is 0 Å². The number of rotatable bonds is 5. The number of halogens is 1. The minimum atomic E-state index is -0.971. The summed E-state index contributed by atoms with van der Waals surface area (Å²) < 4.78 is 21.0. The highest BCUT2D eigenvalue weighted by molar-refractivity contribution is 6.02. The Morgan fingerprint density at radius 2 is 1.73 bits per heavy atom. The first-order valence-corrected chi connectivity index (χ1v) is 13.7. The molecule has 3 aromatic rings. The fourth-order valence-corrected chi connectivity index (χ4v) is 5.55. The number of carboxylic acid groups (broad SMARTS) is 1. The zero-order valence-corrected chi connectivity index (χ0v) is 23.8. The van der Waals surface area contributed by atoms with Crippen molar-refractivity contribution >= 4 is 29.0 Å². The largest absolute Gasteiger partial charge is 0.495 e. The van der Waals surface area contributed by atoms with Crippen LogP contribution in [0.5, 0.6) is 5.75 Å². The van der Waals surface area contributed by atoms with Crippen molar-refractivity contribution in [2.75, 3.05) is 43.1 Å². The number of aryl methyl sites for hydroxylation is 1. The second-order valence-corrected chi connectivity index (χ2v) is 11.5. The number of aliphatic imine (C=N–C) groups is 1. The molecule has 210 valence electrons. The number of piperazine rings is 1. The van der Waals surface area contributed by atoms with Crippen LogP contribution in [0.4, 0.5) is 21.5 Å². The molecule has 2 aliphatic heterocycles. The van der Waals surface area contributed by atoms with Crippen LogP contribution in [-0.4, -0.2) is 55.2 Å². The van der Waals surface area contributed by atoms with Crippen molar-refractivity contribution in [3.05, 3.63) is 83.2 Å². The molecule has 40 heavy (non-hydrogen) atoms. The van der Waals surface area contributed by atoms with Crippen LogP contribution in [0.15, 0.2) is 65.7 Å². The van der Waals surface area contributed by atoms with Gasteiger partial charge in [-0.2, -0.15) is 0 Å². The van der Waals surface area contributed by atoms with Crippen LogP contribution in [0.3, 0.4) is 0 Å². The number of para-hydroxylation sites is 1. The maximum atomic E-state index is 15.2. The molecule has 1 atom stereocenters. The lowest BCUT2D eigenvalue weighted by Crippen LogP contribution is -2.55. The predicted octanol–water partition coefficient (Wildman–Crippen LogP) is 6.29. The van der Waals surface area contributed by atoms with Crippen LogP contribution in [0, 0.1) is 12.7 Å². The van der Waals surface area contributed by atoms with Crippen LogP contribution in [0.25, 0.3) is 0 Å². The highest BCUT2D eigenvalue weighted by Gasteiger charge is 2.39. The van der Waals surface area contributed by atoms with Gasteiger partial charge in [0.1, 0.15) is 17.3 Å². The first kappa shape index (κ1) is 27.5. The Labute approximate surface area is 235 Å². The van der Waals surface area contributed by atoms with Gasteiger partial charge in [-0.25, -0.2) is 9.38 Å². The molecule has 3 aromatic carbocycles. The number of hydrogen-bond donors (Lipinski definition) is 1. The number of nitrogens with zero attached hydrogens (tertiary/aromatic N) is 4. The van der Waals surface area contributed by atoms with E-state index in [0.717, 1.165) is 24.3 Å². The van der Waals surface area contributed by atoms with Crippen molar-refractivity contribution in [3.63, 3.8) is 0 Å². The molecule has 5 rings (SSSR count). The number of carbonyl (C=O) groups is 1. The summed E-state index contributed by atoms with van der Waals surface area (Å²) in [7, 11) is 1.61. The third kappa shape index (κ3) is 5.35. The summed E-state index contributed by atoms with van der Waals surface area (Å²) >= 11 is 0. The molecule has 0 radical (unpaired) electrons. The first-order chi connectivity index (χ1) is 19.1. The van der Waals surface area contributed by atoms with E-state index in [4.69, 9.17) is 9.73 Å². The van der Waals surface area contributed by atoms with Gasteiger partial charge in [-0.15, -0.1) is 0 Å². The number of carboxylic acids is 1. The second kappa shape index (κ2) is 10.8. The Bertz CT molecular complexity index is 1440. The molecule has 0 spiro atoms. The number of ether oxygens (including phenoxy) is 1. The molecule has 0 aliphatic carbocycles. The van der Waals surface area contributed by atoms with Gasteiger partial charge in [-0.3, -0.25) is 4.79 Å². The first-order valence-electron chi connectivity index (χ1n) is 13.7. The zero-order valence-electron chi connectivity index (χ0n) is 23.8. The Balaban J connectivity index is 1.62. The average Bonchev–Trinajstić information content (AvgIpc) is 2.92. The fourth-order valence-electron chi connectivity index (χ4n) is 5.55. The van der Waals surface area contributed by atoms with Crippen LogP contribution < -0.4 is 14.5 Å². The standard InChI is InChI=1S/C32H37FN4O3/c1-21-8-6-9-23(18-21)35-14-16-36(17-15-35)31-34-30-24(10-7-11-25(30)33)26(20-29(38)39)37(31)27-19-22(32(2,3)4)12-13-28(27)40-5/h6-13,18-19,26H,14-17,20H2,1-5H3,(H,38,39). The second-order valence-electron chi connectivity index (χ2n) is 11.5. The smallest absolute Gasteiger partial charge is 0.305 e. The van der Waals surface area contributed by atoms with Crippen molar-refractivity contribution in [2.45, 2.75) is 45.6 Å². The Kier molecular flexibility index (Phi) is 7.45. The number of aliphatic carboxylic acids is 1. The minimum Gasteiger partial charge on any atom is -0.495 e. The molecular formula is C32H37FN4O3. The van der Waals surface area contributed by atoms with E-state index in [1.54, 1.807) is 19.2 Å². The molecule has 2 heterocycles. The van der Waals surface area contributed by atoms with Gasteiger partial charge in [-0.1, -0.05) is 51.1 Å². The lowest BCUT2D eigenvalue weighted by molar-refractivity contribution is -0.137. The van der Waals surface area contributed by atoms with Crippen LogP contribution in [0.2, 0.25) is 0 Å². The summed E-state index contributed by atoms with van der Waals surface area (Å²) in [6.07, 6.45) is -0.221. The summed E-state index contributed by atoms with van der Waals surface area (Å²) in [4.78, 5) is 23.5. The van der Waals surface area contributed by atoms with Gasteiger partial charge in [0.05, 0.1) is 25.3 Å². The quantitative estimate of drug-likeness (QED) is 0.407. The summed E-state index contributed by atoms with van der Waals surface area (Å²) in [5, 5.41) is 10.0. The maximum absolute atomic E-state index is 15.2. The van der Waals surface area contributed by atoms with Crippen molar-refractivity contribution in [3.8, 4) is 5.75 Å². The molecule has 8 heteroatoms. The minimum absolute atomic E-state index is 0.153. The van der Waals surface area contributed by atoms with Gasteiger partial charge >= 0.3 is 5.97 Å². The Morgan fingerprint density at radius 3 is 2.38 bits per heavy atom. The number of fused-ring (bicyclic) bond motifs is 1. The molecule has 0 saturated carbocycles. The third-order valence-corrected chi connectivity index (χ3v) is 7.72. The average molecular weight is 545 g/mol. The van der Waals surface area contributed by atoms with E-state index in [1.807, 2.05) is 17.0 Å². The van der Waals surface area contributed by atoms with Crippen LogP contribution >= 0.6 is 0 Å². The topological polar surface area (TPSA) is 68.6 Å². The summed E-state index contributed by atoms with van der Waals surface area (Å²) in [5.74, 6) is -0.285. The van der Waals surface area contributed by atoms with E-state index in [1.165, 1.54) is 17.3 Å². The highest BCUT2D eigenvalue weighted by atomic mass is 19.1. The Morgan fingerprint density at radius 1 is 1.02 bits per heavy atom. The van der Waals surface area contributed by atoms with Gasteiger partial charge in [-0.05, 0) is 53.8 Å². The summed E-state index contributed by atoms with van der Waals surface area (Å²) in [5.41, 5.74) is 4.76. The lowest BCUT2D eigenvalue weighted by Gasteiger charge is -2.45. The third-order valence-electron chi connectivity index (χ3n) is 7.72. The van der Waals surface area contributed by atoms with Gasteiger partial charge in [0.15, 0.2) is 0 Å². The normalized spacial score (nSPS) is 17.4. The number of guanidine groups is 1. The Hall–Kier alpha value is -4.07.